The van der Waals surface area contributed by atoms with E-state index >= 15 is 0 Å². The van der Waals surface area contributed by atoms with Gasteiger partial charge in [-0.15, -0.1) is 0 Å². The molecule has 4 heterocycles. The van der Waals surface area contributed by atoms with E-state index in [9.17, 15) is 17.4 Å². The van der Waals surface area contributed by atoms with Crippen LogP contribution in [-0.2, 0) is 36.5 Å². The zero-order valence-corrected chi connectivity index (χ0v) is 21.3. The van der Waals surface area contributed by atoms with Gasteiger partial charge in [0.15, 0.2) is 15.7 Å². The highest BCUT2D eigenvalue weighted by Crippen LogP contribution is 2.34. The highest BCUT2D eigenvalue weighted by molar-refractivity contribution is 7.90. The second kappa shape index (κ2) is 9.47. The topological polar surface area (TPSA) is 119 Å². The molecule has 35 heavy (non-hydrogen) atoms. The number of aryl methyl sites for hydroxylation is 1. The summed E-state index contributed by atoms with van der Waals surface area (Å²) in [5.41, 5.74) is 1.13. The Kier molecular flexibility index (Phi) is 6.53. The summed E-state index contributed by atoms with van der Waals surface area (Å²) in [4.78, 5) is 26.9. The van der Waals surface area contributed by atoms with Crippen LogP contribution in [0.4, 0.5) is 11.8 Å². The van der Waals surface area contributed by atoms with E-state index in [1.807, 2.05) is 11.9 Å². The number of fused-ring (bicyclic) bond motifs is 1. The predicted octanol–water partition coefficient (Wildman–Crippen LogP) is 1.20. The summed E-state index contributed by atoms with van der Waals surface area (Å²) in [6, 6.07) is 5.98. The zero-order chi connectivity index (χ0) is 24.7. The fourth-order valence-corrected chi connectivity index (χ4v) is 6.54. The van der Waals surface area contributed by atoms with E-state index in [2.05, 4.69) is 4.90 Å². The van der Waals surface area contributed by atoms with Crippen LogP contribution in [0.15, 0.2) is 34.1 Å². The standard InChI is InChI=1S/C23H28N4O6S2/c1-26(16-7-10-32-11-8-16)21-20-19(9-12-34(20)29)24-23(25-21)27-13-17(14-27)33-22(28)15-3-5-18(6-4-15)35(2,30)31/h3-6,16-17H,7-14H2,1-2H3. The molecule has 3 aliphatic rings. The summed E-state index contributed by atoms with van der Waals surface area (Å²) in [6.45, 7) is 2.31. The Labute approximate surface area is 207 Å². The van der Waals surface area contributed by atoms with Crippen LogP contribution in [0.5, 0.6) is 0 Å². The highest BCUT2D eigenvalue weighted by Gasteiger charge is 2.36. The van der Waals surface area contributed by atoms with Gasteiger partial charge in [0, 0.05) is 44.7 Å². The number of hydrogen-bond acceptors (Lipinski definition) is 10. The lowest BCUT2D eigenvalue weighted by Crippen LogP contribution is -2.54. The maximum Gasteiger partial charge on any atom is 0.338 e. The Morgan fingerprint density at radius 3 is 2.51 bits per heavy atom. The second-order valence-corrected chi connectivity index (χ2v) is 12.6. The van der Waals surface area contributed by atoms with Crippen molar-refractivity contribution in [2.45, 2.75) is 41.2 Å². The number of nitrogens with zero attached hydrogens (tertiary/aromatic N) is 4. The van der Waals surface area contributed by atoms with E-state index in [4.69, 9.17) is 19.4 Å². The van der Waals surface area contributed by atoms with E-state index in [0.717, 1.165) is 35.5 Å². The lowest BCUT2D eigenvalue weighted by molar-refractivity contribution is 0.0231. The van der Waals surface area contributed by atoms with Crippen molar-refractivity contribution in [3.63, 3.8) is 0 Å². The quantitative estimate of drug-likeness (QED) is 0.514. The lowest BCUT2D eigenvalue weighted by Gasteiger charge is -2.39. The molecule has 1 aromatic heterocycles. The van der Waals surface area contributed by atoms with E-state index in [0.29, 0.717) is 50.0 Å². The summed E-state index contributed by atoms with van der Waals surface area (Å²) in [5, 5.41) is 0. The van der Waals surface area contributed by atoms with Crippen LogP contribution in [0, 0.1) is 0 Å². The summed E-state index contributed by atoms with van der Waals surface area (Å²) >= 11 is 0. The third kappa shape index (κ3) is 4.91. The monoisotopic (exact) mass is 520 g/mol. The van der Waals surface area contributed by atoms with Crippen LogP contribution < -0.4 is 9.80 Å². The number of benzene rings is 1. The van der Waals surface area contributed by atoms with E-state index in [1.54, 1.807) is 0 Å². The molecule has 0 aliphatic carbocycles. The minimum atomic E-state index is -3.33. The zero-order valence-electron chi connectivity index (χ0n) is 19.7. The van der Waals surface area contributed by atoms with Gasteiger partial charge in [-0.25, -0.2) is 18.2 Å². The number of sulfone groups is 1. The van der Waals surface area contributed by atoms with Gasteiger partial charge in [0.25, 0.3) is 0 Å². The molecule has 0 saturated carbocycles. The molecule has 10 nitrogen and oxygen atoms in total. The normalized spacial score (nSPS) is 20.9. The van der Waals surface area contributed by atoms with Gasteiger partial charge < -0.3 is 19.3 Å². The third-order valence-corrected chi connectivity index (χ3v) is 9.23. The number of carbonyl (C=O) groups is 1. The molecule has 0 radical (unpaired) electrons. The summed E-state index contributed by atoms with van der Waals surface area (Å²) in [5.74, 6) is 1.33. The molecular weight excluding hydrogens is 492 g/mol. The van der Waals surface area contributed by atoms with Gasteiger partial charge in [-0.1, -0.05) is 0 Å². The fraction of sp³-hybridized carbons (Fsp3) is 0.522. The first kappa shape index (κ1) is 24.1. The molecule has 2 fully saturated rings. The number of hydrogen-bond donors (Lipinski definition) is 0. The largest absolute Gasteiger partial charge is 0.455 e. The van der Waals surface area contributed by atoms with Gasteiger partial charge in [-0.05, 0) is 37.1 Å². The first-order chi connectivity index (χ1) is 16.7. The van der Waals surface area contributed by atoms with Gasteiger partial charge in [0.1, 0.15) is 11.0 Å². The fourth-order valence-electron chi connectivity index (χ4n) is 4.52. The molecule has 2 aromatic rings. The Morgan fingerprint density at radius 2 is 1.86 bits per heavy atom. The molecule has 0 N–H and O–H groups in total. The van der Waals surface area contributed by atoms with Crippen LogP contribution in [0.25, 0.3) is 0 Å². The van der Waals surface area contributed by atoms with Crippen LogP contribution >= 0.6 is 0 Å². The molecule has 0 bridgehead atoms. The first-order valence-corrected chi connectivity index (χ1v) is 14.8. The van der Waals surface area contributed by atoms with E-state index in [1.165, 1.54) is 24.3 Å². The Bertz CT molecular complexity index is 1260. The SMILES string of the molecule is CN(c1nc(N2CC(OC(=O)c3ccc(S(C)(=O)=O)cc3)C2)nc2c1S(=O)CC2)C1CCOCC1. The summed E-state index contributed by atoms with van der Waals surface area (Å²) < 4.78 is 47.0. The molecular formula is C23H28N4O6S2. The Morgan fingerprint density at radius 1 is 1.17 bits per heavy atom. The van der Waals surface area contributed by atoms with Crippen LogP contribution in [0.3, 0.4) is 0 Å². The smallest absolute Gasteiger partial charge is 0.338 e. The molecule has 2 saturated heterocycles. The molecule has 3 aliphatic heterocycles. The van der Waals surface area contributed by atoms with Gasteiger partial charge in [-0.3, -0.25) is 4.21 Å². The molecule has 5 rings (SSSR count). The number of ether oxygens (including phenoxy) is 2. The third-order valence-electron chi connectivity index (χ3n) is 6.65. The average molecular weight is 521 g/mol. The van der Waals surface area contributed by atoms with E-state index in [-0.39, 0.29) is 17.0 Å². The molecule has 0 spiro atoms. The Hall–Kier alpha value is -2.57. The van der Waals surface area contributed by atoms with Gasteiger partial charge in [-0.2, -0.15) is 4.98 Å². The number of carbonyl (C=O) groups excluding carboxylic acids is 1. The molecule has 188 valence electrons. The van der Waals surface area contributed by atoms with Gasteiger partial charge in [0.2, 0.25) is 5.95 Å². The second-order valence-electron chi connectivity index (χ2n) is 9.11. The van der Waals surface area contributed by atoms with Crippen LogP contribution in [0.1, 0.15) is 28.9 Å². The van der Waals surface area contributed by atoms with Crippen molar-refractivity contribution in [2.24, 2.45) is 0 Å². The van der Waals surface area contributed by atoms with Crippen molar-refractivity contribution in [1.82, 2.24) is 9.97 Å². The number of aromatic nitrogens is 2. The molecule has 0 amide bonds. The number of rotatable bonds is 6. The average Bonchev–Trinajstić information content (AvgIpc) is 3.20. The minimum absolute atomic E-state index is 0.153. The predicted molar refractivity (Wildman–Crippen MR) is 130 cm³/mol. The van der Waals surface area contributed by atoms with Crippen molar-refractivity contribution in [3.05, 3.63) is 35.5 Å². The number of anilines is 2. The minimum Gasteiger partial charge on any atom is -0.455 e. The van der Waals surface area contributed by atoms with E-state index < -0.39 is 26.6 Å². The maximum atomic E-state index is 12.7. The van der Waals surface area contributed by atoms with Crippen molar-refractivity contribution in [3.8, 4) is 0 Å². The van der Waals surface area contributed by atoms with Crippen molar-refractivity contribution in [2.75, 3.05) is 55.2 Å². The molecule has 1 unspecified atom stereocenters. The number of esters is 1. The lowest BCUT2D eigenvalue weighted by atomic mass is 10.1. The van der Waals surface area contributed by atoms with Gasteiger partial charge in [0.05, 0.1) is 40.0 Å². The first-order valence-electron chi connectivity index (χ1n) is 11.6. The molecule has 12 heteroatoms. The van der Waals surface area contributed by atoms with Crippen molar-refractivity contribution in [1.29, 1.82) is 0 Å². The Balaban J connectivity index is 1.27. The molecule has 1 atom stereocenters. The summed E-state index contributed by atoms with van der Waals surface area (Å²) in [7, 11) is -2.44. The van der Waals surface area contributed by atoms with Crippen LogP contribution in [0.2, 0.25) is 0 Å². The highest BCUT2D eigenvalue weighted by atomic mass is 32.2. The van der Waals surface area contributed by atoms with Crippen molar-refractivity contribution < 1.29 is 26.9 Å². The van der Waals surface area contributed by atoms with Gasteiger partial charge >= 0.3 is 5.97 Å². The van der Waals surface area contributed by atoms with Crippen LogP contribution in [-0.4, -0.2) is 86.1 Å². The maximum absolute atomic E-state index is 12.7. The molecule has 1 aromatic carbocycles. The van der Waals surface area contributed by atoms with Crippen molar-refractivity contribution >= 4 is 38.4 Å². The summed E-state index contributed by atoms with van der Waals surface area (Å²) in [6.07, 6.45) is 3.24.